The van der Waals surface area contributed by atoms with E-state index in [4.69, 9.17) is 11.6 Å². The number of thiophene rings is 1. The van der Waals surface area contributed by atoms with Crippen LogP contribution in [0.25, 0.3) is 21.6 Å². The van der Waals surface area contributed by atoms with Gasteiger partial charge in [-0.05, 0) is 11.6 Å². The molecule has 0 spiro atoms. The molecule has 0 unspecified atom stereocenters. The Morgan fingerprint density at radius 2 is 1.83 bits per heavy atom. The summed E-state index contributed by atoms with van der Waals surface area (Å²) in [5.41, 5.74) is 0.400. The second-order valence-electron chi connectivity index (χ2n) is 4.53. The number of halogens is 4. The monoisotopic (exact) mass is 357 g/mol. The van der Waals surface area contributed by atoms with Crippen molar-refractivity contribution in [2.75, 3.05) is 0 Å². The van der Waals surface area contributed by atoms with Crippen molar-refractivity contribution < 1.29 is 23.1 Å². The molecule has 0 saturated carbocycles. The minimum atomic E-state index is -4.48. The molecule has 0 fully saturated rings. The fourth-order valence-corrected chi connectivity index (χ4v) is 3.09. The molecule has 0 bridgehead atoms. The molecule has 2 aromatic heterocycles. The van der Waals surface area contributed by atoms with Gasteiger partial charge >= 0.3 is 6.18 Å². The van der Waals surface area contributed by atoms with Crippen LogP contribution in [0.4, 0.5) is 13.2 Å². The van der Waals surface area contributed by atoms with E-state index in [0.29, 0.717) is 16.9 Å². The highest BCUT2D eigenvalue weighted by Gasteiger charge is 2.33. The summed E-state index contributed by atoms with van der Waals surface area (Å²) in [6, 6.07) is 6.36. The van der Waals surface area contributed by atoms with Crippen LogP contribution in [0.15, 0.2) is 30.3 Å². The van der Waals surface area contributed by atoms with Crippen LogP contribution in [0.3, 0.4) is 0 Å². The van der Waals surface area contributed by atoms with Gasteiger partial charge in [0, 0.05) is 10.9 Å². The van der Waals surface area contributed by atoms with E-state index in [9.17, 15) is 23.1 Å². The topological polar surface area (TPSA) is 65.9 Å². The van der Waals surface area contributed by atoms with Gasteiger partial charge in [0.05, 0.1) is 5.97 Å². The first kappa shape index (κ1) is 15.7. The molecule has 0 amide bonds. The van der Waals surface area contributed by atoms with Crippen LogP contribution in [0, 0.1) is 0 Å². The smallest absolute Gasteiger partial charge is 0.425 e. The maximum absolute atomic E-state index is 12.8. The van der Waals surface area contributed by atoms with Gasteiger partial charge in [-0.25, -0.2) is 9.97 Å². The number of nitrogens with zero attached hydrogens (tertiary/aromatic N) is 2. The van der Waals surface area contributed by atoms with Gasteiger partial charge < -0.3 is 9.90 Å². The van der Waals surface area contributed by atoms with Gasteiger partial charge in [-0.15, -0.1) is 11.3 Å². The Morgan fingerprint density at radius 1 is 1.17 bits per heavy atom. The van der Waals surface area contributed by atoms with Gasteiger partial charge in [0.1, 0.15) is 14.9 Å². The van der Waals surface area contributed by atoms with Gasteiger partial charge in [-0.3, -0.25) is 0 Å². The third-order valence-corrected chi connectivity index (χ3v) is 4.37. The molecule has 118 valence electrons. The number of carboxylic acids is 1. The number of fused-ring (bicyclic) bond motifs is 1. The van der Waals surface area contributed by atoms with Crippen LogP contribution >= 0.6 is 22.9 Å². The third kappa shape index (κ3) is 2.99. The highest BCUT2D eigenvalue weighted by atomic mass is 35.5. The van der Waals surface area contributed by atoms with E-state index in [2.05, 4.69) is 9.97 Å². The summed E-state index contributed by atoms with van der Waals surface area (Å²) < 4.78 is 38.3. The van der Waals surface area contributed by atoms with Crippen LogP contribution < -0.4 is 5.11 Å². The van der Waals surface area contributed by atoms with Crippen molar-refractivity contribution in [3.05, 3.63) is 45.9 Å². The van der Waals surface area contributed by atoms with Crippen molar-refractivity contribution in [2.24, 2.45) is 0 Å². The lowest BCUT2D eigenvalue weighted by Gasteiger charge is -2.04. The lowest BCUT2D eigenvalue weighted by atomic mass is 10.1. The molecule has 1 aromatic carbocycles. The molecule has 3 rings (SSSR count). The average Bonchev–Trinajstić information content (AvgIpc) is 2.92. The Morgan fingerprint density at radius 3 is 2.39 bits per heavy atom. The Bertz CT molecular complexity index is 907. The normalized spacial score (nSPS) is 11.8. The molecule has 0 aliphatic heterocycles. The predicted octanol–water partition coefficient (Wildman–Crippen LogP) is 3.39. The summed E-state index contributed by atoms with van der Waals surface area (Å²) in [5.74, 6) is -1.22. The van der Waals surface area contributed by atoms with Crippen molar-refractivity contribution >= 4 is 39.1 Å². The Kier molecular flexibility index (Phi) is 3.73. The third-order valence-electron chi connectivity index (χ3n) is 3.00. The summed E-state index contributed by atoms with van der Waals surface area (Å²) in [5, 5.41) is 10.7. The highest BCUT2D eigenvalue weighted by Crippen LogP contribution is 2.39. The molecule has 0 atom stereocenters. The highest BCUT2D eigenvalue weighted by molar-refractivity contribution is 7.18. The van der Waals surface area contributed by atoms with Gasteiger partial charge in [0.25, 0.3) is 0 Å². The zero-order chi connectivity index (χ0) is 16.8. The molecule has 9 heteroatoms. The van der Waals surface area contributed by atoms with Gasteiger partial charge in [-0.1, -0.05) is 35.9 Å². The molecule has 0 aliphatic rings. The van der Waals surface area contributed by atoms with E-state index in [1.165, 1.54) is 24.3 Å². The first-order chi connectivity index (χ1) is 10.8. The van der Waals surface area contributed by atoms with E-state index in [1.54, 1.807) is 0 Å². The van der Waals surface area contributed by atoms with Crippen LogP contribution in [0.5, 0.6) is 0 Å². The molecule has 23 heavy (non-hydrogen) atoms. The molecule has 0 aliphatic carbocycles. The van der Waals surface area contributed by atoms with E-state index < -0.39 is 17.0 Å². The fourth-order valence-electron chi connectivity index (χ4n) is 1.91. The van der Waals surface area contributed by atoms with Gasteiger partial charge in [0.2, 0.25) is 0 Å². The lowest BCUT2D eigenvalue weighted by Crippen LogP contribution is -2.21. The average molecular weight is 358 g/mol. The number of aromatic nitrogens is 2. The molecule has 0 N–H and O–H groups in total. The Hall–Kier alpha value is -2.19. The fraction of sp³-hybridized carbons (Fsp3) is 0.0714. The van der Waals surface area contributed by atoms with E-state index >= 15 is 0 Å². The van der Waals surface area contributed by atoms with Crippen LogP contribution in [0.1, 0.15) is 15.2 Å². The quantitative estimate of drug-likeness (QED) is 0.659. The largest absolute Gasteiger partial charge is 0.545 e. The zero-order valence-corrected chi connectivity index (χ0v) is 12.6. The molecule has 2 heterocycles. The second kappa shape index (κ2) is 5.47. The zero-order valence-electron chi connectivity index (χ0n) is 11.0. The van der Waals surface area contributed by atoms with Crippen LogP contribution in [-0.4, -0.2) is 15.9 Å². The SMILES string of the molecule is O=C([O-])c1ccc(-c2nc(Cl)c3cc(C(F)(F)F)sc3n2)cc1. The first-order valence-electron chi connectivity index (χ1n) is 6.12. The minimum absolute atomic E-state index is 0.0311. The van der Waals surface area contributed by atoms with Gasteiger partial charge in [-0.2, -0.15) is 13.2 Å². The summed E-state index contributed by atoms with van der Waals surface area (Å²) >= 11 is 6.41. The number of carboxylic acid groups (broad SMARTS) is 1. The summed E-state index contributed by atoms with van der Waals surface area (Å²) in [6.07, 6.45) is -4.48. The number of alkyl halides is 3. The van der Waals surface area contributed by atoms with Crippen molar-refractivity contribution in [1.82, 2.24) is 9.97 Å². The van der Waals surface area contributed by atoms with E-state index in [-0.39, 0.29) is 26.8 Å². The lowest BCUT2D eigenvalue weighted by molar-refractivity contribution is -0.255. The molecular formula is C14H5ClF3N2O2S-. The standard InChI is InChI=1S/C14H6ClF3N2O2S/c15-10-8-5-9(14(16,17)18)23-12(8)20-11(19-10)6-1-3-7(4-2-6)13(21)22/h1-5H,(H,21,22)/p-1. The maximum atomic E-state index is 12.8. The summed E-state index contributed by atoms with van der Waals surface area (Å²) in [7, 11) is 0. The molecule has 0 saturated heterocycles. The first-order valence-corrected chi connectivity index (χ1v) is 7.31. The number of hydrogen-bond acceptors (Lipinski definition) is 5. The van der Waals surface area contributed by atoms with Crippen LogP contribution in [-0.2, 0) is 6.18 Å². The predicted molar refractivity (Wildman–Crippen MR) is 77.2 cm³/mol. The van der Waals surface area contributed by atoms with Crippen molar-refractivity contribution in [2.45, 2.75) is 6.18 Å². The number of carbonyl (C=O) groups excluding carboxylic acids is 1. The molecule has 3 aromatic rings. The number of benzene rings is 1. The van der Waals surface area contributed by atoms with Gasteiger partial charge in [0.15, 0.2) is 5.82 Å². The maximum Gasteiger partial charge on any atom is 0.425 e. The number of hydrogen-bond donors (Lipinski definition) is 0. The van der Waals surface area contributed by atoms with Crippen molar-refractivity contribution in [3.63, 3.8) is 0 Å². The number of carbonyl (C=O) groups is 1. The van der Waals surface area contributed by atoms with Crippen molar-refractivity contribution in [1.29, 1.82) is 0 Å². The summed E-state index contributed by atoms with van der Waals surface area (Å²) in [6.45, 7) is 0. The molecular weight excluding hydrogens is 353 g/mol. The van der Waals surface area contributed by atoms with E-state index in [0.717, 1.165) is 6.07 Å². The van der Waals surface area contributed by atoms with E-state index in [1.807, 2.05) is 0 Å². The van der Waals surface area contributed by atoms with Crippen LogP contribution in [0.2, 0.25) is 5.15 Å². The Labute approximate surface area is 136 Å². The second-order valence-corrected chi connectivity index (χ2v) is 5.92. The summed E-state index contributed by atoms with van der Waals surface area (Å²) in [4.78, 5) is 18.0. The van der Waals surface area contributed by atoms with Crippen molar-refractivity contribution in [3.8, 4) is 11.4 Å². The number of aromatic carboxylic acids is 1. The number of rotatable bonds is 2. The minimum Gasteiger partial charge on any atom is -0.545 e. The Balaban J connectivity index is 2.10. The molecule has 4 nitrogen and oxygen atoms in total. The molecule has 0 radical (unpaired) electrons.